The molecule has 3 heterocycles. The number of benzene rings is 1. The summed E-state index contributed by atoms with van der Waals surface area (Å²) in [4.78, 5) is 44.0. The number of nitrogens with zero attached hydrogens (tertiary/aromatic N) is 3. The zero-order valence-corrected chi connectivity index (χ0v) is 18.5. The maximum atomic E-state index is 12.5. The number of halogens is 1. The molecule has 0 spiro atoms. The van der Waals surface area contributed by atoms with Crippen molar-refractivity contribution in [2.24, 2.45) is 0 Å². The van der Waals surface area contributed by atoms with Crippen LogP contribution in [0.1, 0.15) is 12.0 Å². The molecule has 0 saturated carbocycles. The second-order valence-electron chi connectivity index (χ2n) is 6.94. The van der Waals surface area contributed by atoms with E-state index in [4.69, 9.17) is 9.47 Å². The van der Waals surface area contributed by atoms with Crippen molar-refractivity contribution in [3.63, 3.8) is 0 Å². The van der Waals surface area contributed by atoms with Gasteiger partial charge >= 0.3 is 6.09 Å². The first-order chi connectivity index (χ1) is 14.4. The van der Waals surface area contributed by atoms with Gasteiger partial charge in [-0.25, -0.2) is 9.78 Å². The molecule has 2 aromatic rings. The number of hydrogen-bond donors (Lipinski definition) is 1. The minimum Gasteiger partial charge on any atom is -0.381 e. The van der Waals surface area contributed by atoms with Gasteiger partial charge in [-0.3, -0.25) is 9.59 Å². The van der Waals surface area contributed by atoms with Gasteiger partial charge in [-0.05, 0) is 46.6 Å². The number of amides is 3. The molecule has 1 aromatic heterocycles. The molecule has 1 atom stereocenters. The average Bonchev–Trinajstić information content (AvgIpc) is 3.27. The highest BCUT2D eigenvalue weighted by Gasteiger charge is 2.32. The van der Waals surface area contributed by atoms with Crippen LogP contribution >= 0.6 is 27.3 Å². The second-order valence-corrected chi connectivity index (χ2v) is 9.31. The minimum atomic E-state index is -0.645. The topological polar surface area (TPSA) is 101 Å². The van der Waals surface area contributed by atoms with E-state index in [9.17, 15) is 14.4 Å². The third kappa shape index (κ3) is 4.47. The summed E-state index contributed by atoms with van der Waals surface area (Å²) in [6, 6.07) is 5.17. The Morgan fingerprint density at radius 1 is 1.33 bits per heavy atom. The number of ether oxygens (including phenoxy) is 2. The lowest BCUT2D eigenvalue weighted by atomic mass is 10.1. The Morgan fingerprint density at radius 3 is 2.87 bits per heavy atom. The number of carbonyl (C=O) groups excluding carboxylic acids is 3. The monoisotopic (exact) mass is 494 g/mol. The highest BCUT2D eigenvalue weighted by atomic mass is 79.9. The molecule has 30 heavy (non-hydrogen) atoms. The summed E-state index contributed by atoms with van der Waals surface area (Å²) in [5, 5.41) is 2.94. The highest BCUT2D eigenvalue weighted by molar-refractivity contribution is 9.11. The van der Waals surface area contributed by atoms with Gasteiger partial charge in [-0.1, -0.05) is 11.3 Å². The van der Waals surface area contributed by atoms with Gasteiger partial charge in [0.15, 0.2) is 0 Å². The van der Waals surface area contributed by atoms with E-state index < -0.39 is 6.09 Å². The number of hydrogen-bond acceptors (Lipinski definition) is 7. The van der Waals surface area contributed by atoms with E-state index in [0.29, 0.717) is 19.7 Å². The van der Waals surface area contributed by atoms with Crippen molar-refractivity contribution in [1.29, 1.82) is 0 Å². The number of rotatable bonds is 4. The van der Waals surface area contributed by atoms with Gasteiger partial charge in [0.1, 0.15) is 6.61 Å². The number of morpholine rings is 1. The largest absolute Gasteiger partial charge is 0.414 e. The predicted octanol–water partition coefficient (Wildman–Crippen LogP) is 2.47. The third-order valence-electron chi connectivity index (χ3n) is 4.85. The molecule has 3 amide bonds. The standard InChI is InChI=1S/C19H19BrN4O5S/c1-11-6-13(2-3-14(11)23-4-5-28-10-17(23)26)24-9-12(7-16(24)25)22-18(27)29-19-21-8-15(20)30-19/h2-3,6,8,12H,4-5,7,9-10H2,1H3,(H,22,27). The number of anilines is 2. The maximum absolute atomic E-state index is 12.5. The molecule has 2 aliphatic heterocycles. The Hall–Kier alpha value is -2.50. The van der Waals surface area contributed by atoms with Crippen LogP contribution in [0.4, 0.5) is 16.2 Å². The molecule has 1 aromatic carbocycles. The first kappa shape index (κ1) is 20.8. The van der Waals surface area contributed by atoms with Crippen molar-refractivity contribution in [1.82, 2.24) is 10.3 Å². The summed E-state index contributed by atoms with van der Waals surface area (Å²) < 4.78 is 11.1. The van der Waals surface area contributed by atoms with Crippen molar-refractivity contribution in [3.05, 3.63) is 33.7 Å². The van der Waals surface area contributed by atoms with Crippen LogP contribution in [0, 0.1) is 6.92 Å². The molecule has 2 fully saturated rings. The SMILES string of the molecule is Cc1cc(N2CC(NC(=O)Oc3ncc(Br)s3)CC2=O)ccc1N1CCOCC1=O. The van der Waals surface area contributed by atoms with Crippen molar-refractivity contribution in [3.8, 4) is 5.19 Å². The molecule has 9 nitrogen and oxygen atoms in total. The zero-order valence-electron chi connectivity index (χ0n) is 16.1. The molecule has 2 saturated heterocycles. The minimum absolute atomic E-state index is 0.0766. The molecular formula is C19H19BrN4O5S. The van der Waals surface area contributed by atoms with Crippen molar-refractivity contribution in [2.75, 3.05) is 36.1 Å². The van der Waals surface area contributed by atoms with Gasteiger partial charge in [0, 0.05) is 30.9 Å². The lowest BCUT2D eigenvalue weighted by Crippen LogP contribution is -2.42. The summed E-state index contributed by atoms with van der Waals surface area (Å²) in [7, 11) is 0. The molecule has 0 radical (unpaired) electrons. The fourth-order valence-electron chi connectivity index (χ4n) is 3.50. The van der Waals surface area contributed by atoms with E-state index in [1.807, 2.05) is 25.1 Å². The van der Waals surface area contributed by atoms with Crippen LogP contribution in [-0.4, -0.2) is 55.2 Å². The first-order valence-electron chi connectivity index (χ1n) is 9.29. The molecule has 11 heteroatoms. The van der Waals surface area contributed by atoms with E-state index in [0.717, 1.165) is 20.7 Å². The molecular weight excluding hydrogens is 476 g/mol. The Morgan fingerprint density at radius 2 is 2.17 bits per heavy atom. The Bertz CT molecular complexity index is 997. The van der Waals surface area contributed by atoms with Crippen LogP contribution in [0.15, 0.2) is 28.2 Å². The van der Waals surface area contributed by atoms with Crippen LogP contribution in [0.25, 0.3) is 0 Å². The fraction of sp³-hybridized carbons (Fsp3) is 0.368. The zero-order chi connectivity index (χ0) is 21.3. The fourth-order valence-corrected chi connectivity index (χ4v) is 4.51. The van der Waals surface area contributed by atoms with E-state index in [-0.39, 0.29) is 36.1 Å². The third-order valence-corrected chi connectivity index (χ3v) is 6.21. The Labute approximate surface area is 185 Å². The summed E-state index contributed by atoms with van der Waals surface area (Å²) in [6.07, 6.45) is 1.08. The Balaban J connectivity index is 1.40. The molecule has 0 aliphatic carbocycles. The maximum Gasteiger partial charge on any atom is 0.414 e. The van der Waals surface area contributed by atoms with Gasteiger partial charge in [0.05, 0.1) is 22.6 Å². The summed E-state index contributed by atoms with van der Waals surface area (Å²) >= 11 is 4.45. The molecule has 2 aliphatic rings. The van der Waals surface area contributed by atoms with Crippen LogP contribution in [0.5, 0.6) is 5.19 Å². The lowest BCUT2D eigenvalue weighted by molar-refractivity contribution is -0.125. The number of carbonyl (C=O) groups is 3. The first-order valence-corrected chi connectivity index (χ1v) is 10.9. The number of aromatic nitrogens is 1. The quantitative estimate of drug-likeness (QED) is 0.700. The van der Waals surface area contributed by atoms with Crippen molar-refractivity contribution >= 4 is 56.5 Å². The number of aryl methyl sites for hydroxylation is 1. The van der Waals surface area contributed by atoms with E-state index >= 15 is 0 Å². The van der Waals surface area contributed by atoms with Crippen LogP contribution in [0.2, 0.25) is 0 Å². The van der Waals surface area contributed by atoms with Crippen LogP contribution in [-0.2, 0) is 14.3 Å². The van der Waals surface area contributed by atoms with Gasteiger partial charge in [-0.15, -0.1) is 0 Å². The van der Waals surface area contributed by atoms with Gasteiger partial charge in [-0.2, -0.15) is 0 Å². The molecule has 1 N–H and O–H groups in total. The normalized spacial score (nSPS) is 19.3. The molecule has 4 rings (SSSR count). The molecule has 0 bridgehead atoms. The van der Waals surface area contributed by atoms with E-state index in [2.05, 4.69) is 26.2 Å². The van der Waals surface area contributed by atoms with Crippen molar-refractivity contribution in [2.45, 2.75) is 19.4 Å². The van der Waals surface area contributed by atoms with E-state index in [1.165, 1.54) is 11.3 Å². The highest BCUT2D eigenvalue weighted by Crippen LogP contribution is 2.29. The van der Waals surface area contributed by atoms with Gasteiger partial charge in [0.25, 0.3) is 11.1 Å². The summed E-state index contributed by atoms with van der Waals surface area (Å²) in [5.41, 5.74) is 2.43. The second kappa shape index (κ2) is 8.70. The van der Waals surface area contributed by atoms with Crippen LogP contribution < -0.4 is 19.9 Å². The number of thiazole rings is 1. The van der Waals surface area contributed by atoms with Gasteiger partial charge < -0.3 is 24.6 Å². The summed E-state index contributed by atoms with van der Waals surface area (Å²) in [6.45, 7) is 3.32. The molecule has 158 valence electrons. The predicted molar refractivity (Wildman–Crippen MR) is 114 cm³/mol. The molecule has 1 unspecified atom stereocenters. The summed E-state index contributed by atoms with van der Waals surface area (Å²) in [5.74, 6) is -0.170. The van der Waals surface area contributed by atoms with Crippen LogP contribution in [0.3, 0.4) is 0 Å². The van der Waals surface area contributed by atoms with E-state index in [1.54, 1.807) is 16.0 Å². The Kier molecular flexibility index (Phi) is 6.02. The number of nitrogens with one attached hydrogen (secondary N) is 1. The smallest absolute Gasteiger partial charge is 0.381 e. The lowest BCUT2D eigenvalue weighted by Gasteiger charge is -2.29. The average molecular weight is 495 g/mol. The van der Waals surface area contributed by atoms with Gasteiger partial charge in [0.2, 0.25) is 5.91 Å². The van der Waals surface area contributed by atoms with Crippen molar-refractivity contribution < 1.29 is 23.9 Å².